The molecule has 0 saturated heterocycles. The van der Waals surface area contributed by atoms with Gasteiger partial charge in [0, 0.05) is 34.9 Å². The van der Waals surface area contributed by atoms with Crippen molar-refractivity contribution >= 4 is 27.5 Å². The molecule has 0 bridgehead atoms. The lowest BCUT2D eigenvalue weighted by atomic mass is 10.1. The van der Waals surface area contributed by atoms with E-state index in [9.17, 15) is 0 Å². The van der Waals surface area contributed by atoms with E-state index in [0.29, 0.717) is 6.42 Å². The molecule has 0 spiro atoms. The minimum absolute atomic E-state index is 0.0564. The van der Waals surface area contributed by atoms with Crippen molar-refractivity contribution in [2.45, 2.75) is 26.3 Å². The molecule has 0 aliphatic carbocycles. The lowest BCUT2D eigenvalue weighted by Crippen LogP contribution is -2.34. The predicted octanol–water partition coefficient (Wildman–Crippen LogP) is 2.33. The van der Waals surface area contributed by atoms with Gasteiger partial charge in [0.25, 0.3) is 0 Å². The lowest BCUT2D eigenvalue weighted by Gasteiger charge is -2.30. The Morgan fingerprint density at radius 1 is 1.50 bits per heavy atom. The van der Waals surface area contributed by atoms with Gasteiger partial charge in [-0.3, -0.25) is 5.41 Å². The summed E-state index contributed by atoms with van der Waals surface area (Å²) < 4.78 is 0.905. The van der Waals surface area contributed by atoms with Crippen molar-refractivity contribution in [3.8, 4) is 0 Å². The fraction of sp³-hybridized carbons (Fsp3) is 0.462. The number of nitrogen functional groups attached to an aromatic ring is 1. The molecule has 18 heavy (non-hydrogen) atoms. The molecule has 0 aromatic heterocycles. The van der Waals surface area contributed by atoms with Crippen LogP contribution in [0, 0.1) is 5.41 Å². The molecule has 100 valence electrons. The molecule has 0 amide bonds. The molecule has 0 fully saturated rings. The van der Waals surface area contributed by atoms with E-state index in [1.54, 1.807) is 0 Å². The molecule has 0 saturated carbocycles. The van der Waals surface area contributed by atoms with Crippen LogP contribution in [0.4, 0.5) is 5.69 Å². The van der Waals surface area contributed by atoms with Crippen LogP contribution in [0.1, 0.15) is 25.8 Å². The average molecular weight is 314 g/mol. The average Bonchev–Trinajstić information content (AvgIpc) is 2.30. The summed E-state index contributed by atoms with van der Waals surface area (Å²) >= 11 is 3.39. The SMILES string of the molecule is CC(C)N(CCCO)c1ccc(Br)cc1C(=N)N. The second-order valence-corrected chi connectivity index (χ2v) is 5.36. The number of nitrogens with two attached hydrogens (primary N) is 1. The van der Waals surface area contributed by atoms with Crippen LogP contribution in [0.2, 0.25) is 0 Å². The largest absolute Gasteiger partial charge is 0.396 e. The molecule has 1 aromatic rings. The van der Waals surface area contributed by atoms with Gasteiger partial charge in [0.1, 0.15) is 5.84 Å². The van der Waals surface area contributed by atoms with Gasteiger partial charge in [-0.2, -0.15) is 0 Å². The fourth-order valence-electron chi connectivity index (χ4n) is 1.87. The van der Waals surface area contributed by atoms with Crippen molar-refractivity contribution in [2.24, 2.45) is 5.73 Å². The Hall–Kier alpha value is -1.07. The van der Waals surface area contributed by atoms with Crippen LogP contribution in [0.5, 0.6) is 0 Å². The van der Waals surface area contributed by atoms with Crippen LogP contribution in [-0.2, 0) is 0 Å². The van der Waals surface area contributed by atoms with Crippen LogP contribution in [0.15, 0.2) is 22.7 Å². The third kappa shape index (κ3) is 3.71. The third-order valence-electron chi connectivity index (χ3n) is 2.74. The summed E-state index contributed by atoms with van der Waals surface area (Å²) in [6.07, 6.45) is 0.700. The van der Waals surface area contributed by atoms with Crippen LogP contribution >= 0.6 is 15.9 Å². The van der Waals surface area contributed by atoms with E-state index < -0.39 is 0 Å². The number of nitrogens with one attached hydrogen (secondary N) is 1. The van der Waals surface area contributed by atoms with Crippen LogP contribution in [0.25, 0.3) is 0 Å². The highest BCUT2D eigenvalue weighted by Crippen LogP contribution is 2.26. The minimum Gasteiger partial charge on any atom is -0.396 e. The third-order valence-corrected chi connectivity index (χ3v) is 3.23. The first-order valence-electron chi connectivity index (χ1n) is 5.98. The van der Waals surface area contributed by atoms with Gasteiger partial charge in [-0.25, -0.2) is 0 Å². The van der Waals surface area contributed by atoms with Crippen molar-refractivity contribution in [1.82, 2.24) is 0 Å². The Morgan fingerprint density at radius 3 is 2.67 bits per heavy atom. The van der Waals surface area contributed by atoms with Gasteiger partial charge in [-0.1, -0.05) is 15.9 Å². The molecule has 1 rings (SSSR count). The fourth-order valence-corrected chi connectivity index (χ4v) is 2.23. The van der Waals surface area contributed by atoms with E-state index in [1.165, 1.54) is 0 Å². The van der Waals surface area contributed by atoms with Crippen molar-refractivity contribution in [3.63, 3.8) is 0 Å². The topological polar surface area (TPSA) is 73.3 Å². The number of halogens is 1. The first-order valence-corrected chi connectivity index (χ1v) is 6.78. The predicted molar refractivity (Wildman–Crippen MR) is 79.3 cm³/mol. The summed E-state index contributed by atoms with van der Waals surface area (Å²) in [5.41, 5.74) is 7.29. The number of nitrogens with zero attached hydrogens (tertiary/aromatic N) is 1. The van der Waals surface area contributed by atoms with E-state index >= 15 is 0 Å². The maximum Gasteiger partial charge on any atom is 0.124 e. The molecule has 0 atom stereocenters. The van der Waals surface area contributed by atoms with Gasteiger partial charge in [-0.05, 0) is 38.5 Å². The number of hydrogen-bond acceptors (Lipinski definition) is 3. The van der Waals surface area contributed by atoms with Crippen molar-refractivity contribution in [1.29, 1.82) is 5.41 Å². The Bertz CT molecular complexity index is 421. The van der Waals surface area contributed by atoms with Gasteiger partial charge in [0.15, 0.2) is 0 Å². The number of hydrogen-bond donors (Lipinski definition) is 3. The standard InChI is InChI=1S/C13H20BrN3O/c1-9(2)17(6-3-7-18)12-5-4-10(14)8-11(12)13(15)16/h4-5,8-9,18H,3,6-7H2,1-2H3,(H3,15,16). The first-order chi connectivity index (χ1) is 8.47. The van der Waals surface area contributed by atoms with E-state index in [1.807, 2.05) is 18.2 Å². The summed E-state index contributed by atoms with van der Waals surface area (Å²) in [6, 6.07) is 6.04. The molecular weight excluding hydrogens is 294 g/mol. The van der Waals surface area contributed by atoms with Gasteiger partial charge < -0.3 is 15.7 Å². The summed E-state index contributed by atoms with van der Waals surface area (Å²) in [6.45, 7) is 5.08. The number of amidine groups is 1. The second-order valence-electron chi connectivity index (χ2n) is 4.44. The zero-order valence-corrected chi connectivity index (χ0v) is 12.4. The molecule has 5 heteroatoms. The van der Waals surface area contributed by atoms with E-state index in [2.05, 4.69) is 34.7 Å². The molecule has 0 unspecified atom stereocenters. The molecule has 4 nitrogen and oxygen atoms in total. The van der Waals surface area contributed by atoms with E-state index in [4.69, 9.17) is 16.2 Å². The zero-order valence-electron chi connectivity index (χ0n) is 10.8. The summed E-state index contributed by atoms with van der Waals surface area (Å²) in [5, 5.41) is 16.6. The number of aliphatic hydroxyl groups excluding tert-OH is 1. The van der Waals surface area contributed by atoms with Crippen molar-refractivity contribution < 1.29 is 5.11 Å². The van der Waals surface area contributed by atoms with E-state index in [-0.39, 0.29) is 18.5 Å². The number of aliphatic hydroxyl groups is 1. The Balaban J connectivity index is 3.14. The molecule has 4 N–H and O–H groups in total. The number of rotatable bonds is 6. The summed E-state index contributed by atoms with van der Waals surface area (Å²) in [5.74, 6) is 0.0564. The smallest absolute Gasteiger partial charge is 0.124 e. The highest BCUT2D eigenvalue weighted by atomic mass is 79.9. The molecule has 0 aliphatic rings. The van der Waals surface area contributed by atoms with Gasteiger partial charge in [0.2, 0.25) is 0 Å². The highest BCUT2D eigenvalue weighted by Gasteiger charge is 2.15. The van der Waals surface area contributed by atoms with Crippen LogP contribution in [-0.4, -0.2) is 30.1 Å². The quantitative estimate of drug-likeness (QED) is 0.557. The maximum absolute atomic E-state index is 8.97. The number of anilines is 1. The van der Waals surface area contributed by atoms with Crippen LogP contribution in [0.3, 0.4) is 0 Å². The van der Waals surface area contributed by atoms with Crippen molar-refractivity contribution in [2.75, 3.05) is 18.1 Å². The molecule has 1 aromatic carbocycles. The van der Waals surface area contributed by atoms with E-state index in [0.717, 1.165) is 22.3 Å². The van der Waals surface area contributed by atoms with Crippen LogP contribution < -0.4 is 10.6 Å². The van der Waals surface area contributed by atoms with Crippen molar-refractivity contribution in [3.05, 3.63) is 28.2 Å². The van der Waals surface area contributed by atoms with Gasteiger partial charge in [-0.15, -0.1) is 0 Å². The zero-order chi connectivity index (χ0) is 13.7. The summed E-state index contributed by atoms with van der Waals surface area (Å²) in [4.78, 5) is 2.15. The Labute approximate surface area is 116 Å². The highest BCUT2D eigenvalue weighted by molar-refractivity contribution is 9.10. The summed E-state index contributed by atoms with van der Waals surface area (Å²) in [7, 11) is 0. The maximum atomic E-state index is 8.97. The molecule has 0 heterocycles. The van der Waals surface area contributed by atoms with Gasteiger partial charge in [0.05, 0.1) is 0 Å². The second kappa shape index (κ2) is 6.75. The Kier molecular flexibility index (Phi) is 5.62. The number of benzene rings is 1. The lowest BCUT2D eigenvalue weighted by molar-refractivity contribution is 0.288. The molecule has 0 radical (unpaired) electrons. The Morgan fingerprint density at radius 2 is 2.17 bits per heavy atom. The molecule has 0 aliphatic heterocycles. The first kappa shape index (κ1) is 15.0. The normalized spacial score (nSPS) is 10.7. The van der Waals surface area contributed by atoms with Gasteiger partial charge >= 0.3 is 0 Å². The minimum atomic E-state index is 0.0564. The monoisotopic (exact) mass is 313 g/mol. The molecular formula is C13H20BrN3O.